The van der Waals surface area contributed by atoms with Gasteiger partial charge in [-0.2, -0.15) is 0 Å². The summed E-state index contributed by atoms with van der Waals surface area (Å²) in [5, 5.41) is 4.74. The number of nitrogens with two attached hydrogens (primary N) is 1. The lowest BCUT2D eigenvalue weighted by Gasteiger charge is -2.44. The first-order valence-corrected chi connectivity index (χ1v) is 19.7. The summed E-state index contributed by atoms with van der Waals surface area (Å²) in [6, 6.07) is -0.667. The van der Waals surface area contributed by atoms with Crippen molar-refractivity contribution in [2.45, 2.75) is 102 Å². The lowest BCUT2D eigenvalue weighted by atomic mass is 10.1. The first-order valence-electron chi connectivity index (χ1n) is 13.4. The quantitative estimate of drug-likeness (QED) is 0.294. The van der Waals surface area contributed by atoms with Crippen LogP contribution >= 0.6 is 11.6 Å². The van der Waals surface area contributed by atoms with Crippen molar-refractivity contribution in [3.05, 3.63) is 12.7 Å². The zero-order valence-corrected chi connectivity index (χ0v) is 27.9. The minimum absolute atomic E-state index is 0.0678. The topological polar surface area (TPSA) is 156 Å². The molecule has 1 unspecified atom stereocenters. The summed E-state index contributed by atoms with van der Waals surface area (Å²) in [4.78, 5) is 37.0. The van der Waals surface area contributed by atoms with Gasteiger partial charge in [-0.3, -0.25) is 14.7 Å². The lowest BCUT2D eigenvalue weighted by Crippen LogP contribution is -2.55. The summed E-state index contributed by atoms with van der Waals surface area (Å²) in [6.45, 7) is 21.8. The second-order valence-electron chi connectivity index (χ2n) is 13.2. The van der Waals surface area contributed by atoms with Crippen LogP contribution in [-0.2, 0) is 18.4 Å². The molecular formula is C25H44ClN7O5Si2. The van der Waals surface area contributed by atoms with E-state index in [4.69, 9.17) is 30.9 Å². The highest BCUT2D eigenvalue weighted by Gasteiger charge is 2.54. The molecule has 1 aliphatic rings. The van der Waals surface area contributed by atoms with Gasteiger partial charge in [-0.15, -0.1) is 11.6 Å². The number of halogens is 1. The molecule has 12 nitrogen and oxygen atoms in total. The fourth-order valence-electron chi connectivity index (χ4n) is 3.85. The number of nitrogens with zero attached hydrogens (tertiary/aromatic N) is 4. The number of nitrogens with one attached hydrogen (secondary N) is 2. The van der Waals surface area contributed by atoms with Crippen LogP contribution in [0.25, 0.3) is 11.2 Å². The van der Waals surface area contributed by atoms with E-state index in [0.717, 1.165) is 0 Å². The summed E-state index contributed by atoms with van der Waals surface area (Å²) in [5.74, 6) is -0.663. The Morgan fingerprint density at radius 2 is 1.60 bits per heavy atom. The Balaban J connectivity index is 2.09. The number of hydrogen-bond donors (Lipinski definition) is 3. The smallest absolute Gasteiger partial charge is 0.321 e. The predicted octanol–water partition coefficient (Wildman–Crippen LogP) is 4.15. The van der Waals surface area contributed by atoms with Crippen molar-refractivity contribution < 1.29 is 23.2 Å². The van der Waals surface area contributed by atoms with Crippen LogP contribution in [0.3, 0.4) is 0 Å². The van der Waals surface area contributed by atoms with Gasteiger partial charge < -0.3 is 24.6 Å². The highest BCUT2D eigenvalue weighted by molar-refractivity contribution is 6.74. The summed E-state index contributed by atoms with van der Waals surface area (Å²) in [7, 11) is -4.72. The Hall–Kier alpha value is -2.11. The van der Waals surface area contributed by atoms with Crippen molar-refractivity contribution >= 4 is 57.2 Å². The summed E-state index contributed by atoms with van der Waals surface area (Å²) >= 11 is 5.54. The van der Waals surface area contributed by atoms with Gasteiger partial charge in [0.15, 0.2) is 34.3 Å². The molecule has 3 amide bonds. The second kappa shape index (κ2) is 11.6. The van der Waals surface area contributed by atoms with Gasteiger partial charge in [0, 0.05) is 6.54 Å². The van der Waals surface area contributed by atoms with Crippen molar-refractivity contribution in [3.63, 3.8) is 0 Å². The molecule has 0 bridgehead atoms. The van der Waals surface area contributed by atoms with Gasteiger partial charge in [-0.1, -0.05) is 41.5 Å². The van der Waals surface area contributed by atoms with Crippen molar-refractivity contribution in [3.8, 4) is 0 Å². The maximum atomic E-state index is 12.4. The third kappa shape index (κ3) is 6.85. The van der Waals surface area contributed by atoms with Gasteiger partial charge in [0.25, 0.3) is 0 Å². The minimum atomic E-state index is -2.36. The molecule has 40 heavy (non-hydrogen) atoms. The van der Waals surface area contributed by atoms with Gasteiger partial charge in [-0.05, 0) is 36.3 Å². The van der Waals surface area contributed by atoms with Gasteiger partial charge in [0.1, 0.15) is 36.0 Å². The molecule has 4 N–H and O–H groups in total. The maximum Gasteiger partial charge on any atom is 0.321 e. The number of imidazole rings is 1. The van der Waals surface area contributed by atoms with E-state index >= 15 is 0 Å². The zero-order chi connectivity index (χ0) is 30.3. The minimum Gasteiger partial charge on any atom is -0.408 e. The highest BCUT2D eigenvalue weighted by Crippen LogP contribution is 2.46. The Kier molecular flexibility index (Phi) is 9.43. The number of imide groups is 1. The normalized spacial score (nSPS) is 22.5. The first kappa shape index (κ1) is 32.4. The van der Waals surface area contributed by atoms with E-state index in [0.29, 0.717) is 11.2 Å². The Morgan fingerprint density at radius 1 is 1.02 bits per heavy atom. The maximum absolute atomic E-state index is 12.4. The molecule has 2 aromatic heterocycles. The number of amides is 3. The van der Waals surface area contributed by atoms with E-state index in [1.165, 1.54) is 6.33 Å². The number of rotatable bonds is 8. The molecule has 3 rings (SSSR count). The molecule has 3 heterocycles. The Bertz CT molecular complexity index is 1230. The molecule has 1 saturated heterocycles. The predicted molar refractivity (Wildman–Crippen MR) is 160 cm³/mol. The van der Waals surface area contributed by atoms with E-state index in [1.54, 1.807) is 10.9 Å². The lowest BCUT2D eigenvalue weighted by molar-refractivity contribution is -0.117. The average molecular weight is 614 g/mol. The fourth-order valence-corrected chi connectivity index (χ4v) is 6.52. The first-order chi connectivity index (χ1) is 18.3. The summed E-state index contributed by atoms with van der Waals surface area (Å²) < 4.78 is 22.5. The number of carbonyl (C=O) groups is 2. The molecule has 0 spiro atoms. The van der Waals surface area contributed by atoms with Crippen LogP contribution in [-0.4, -0.2) is 78.8 Å². The molecule has 0 aromatic carbocycles. The van der Waals surface area contributed by atoms with Crippen LogP contribution < -0.4 is 16.4 Å². The molecule has 0 radical (unpaired) electrons. The van der Waals surface area contributed by atoms with Crippen molar-refractivity contribution in [2.24, 2.45) is 0 Å². The summed E-state index contributed by atoms with van der Waals surface area (Å²) in [6.07, 6.45) is 0.622. The van der Waals surface area contributed by atoms with Gasteiger partial charge in [-0.25, -0.2) is 19.7 Å². The van der Waals surface area contributed by atoms with Gasteiger partial charge in [0.2, 0.25) is 5.91 Å². The third-order valence-corrected chi connectivity index (χ3v) is 17.4. The fraction of sp³-hybridized carbons (Fsp3) is 0.720. The number of urea groups is 1. The van der Waals surface area contributed by atoms with E-state index in [9.17, 15) is 9.59 Å². The second-order valence-corrected chi connectivity index (χ2v) is 23.0. The largest absolute Gasteiger partial charge is 0.408 e. The number of carbonyl (C=O) groups excluding carboxylic acids is 2. The number of fused-ring (bicyclic) bond motifs is 1. The number of alkyl halides is 1. The molecule has 15 heteroatoms. The van der Waals surface area contributed by atoms with Crippen molar-refractivity contribution in [1.29, 1.82) is 0 Å². The number of aromatic nitrogens is 4. The molecular weight excluding hydrogens is 570 g/mol. The Labute approximate surface area is 243 Å². The van der Waals surface area contributed by atoms with Crippen molar-refractivity contribution in [2.75, 3.05) is 18.2 Å². The monoisotopic (exact) mass is 613 g/mol. The molecule has 2 aromatic rings. The number of ether oxygens (including phenoxy) is 1. The number of nitrogen functional groups attached to an aromatic ring is 1. The highest BCUT2D eigenvalue weighted by atomic mass is 35.5. The number of anilines is 1. The van der Waals surface area contributed by atoms with E-state index in [2.05, 4.69) is 93.3 Å². The standard InChI is InChI=1S/C25H44ClN7O5Si2/c1-24(2,3)39(7,8)37-18-15(12-28-23(35)32-16(34)11-26)36-22(19(18)38-40(9,10)25(4,5)6)33-14-31-17-20(27)29-13-30-21(17)33/h13-15,18-19,22H,11-12H2,1-10H3,(H2,27,29,30)(H2,28,32,34,35)/t15-,18?,19+,22-/m1/s1. The van der Waals surface area contributed by atoms with E-state index in [1.807, 2.05) is 0 Å². The average Bonchev–Trinajstić information content (AvgIpc) is 3.38. The number of hydrogen-bond acceptors (Lipinski definition) is 9. The zero-order valence-electron chi connectivity index (χ0n) is 25.2. The van der Waals surface area contributed by atoms with Gasteiger partial charge in [0.05, 0.1) is 6.33 Å². The van der Waals surface area contributed by atoms with Crippen LogP contribution in [0.1, 0.15) is 47.8 Å². The van der Waals surface area contributed by atoms with Crippen LogP contribution in [0, 0.1) is 0 Å². The van der Waals surface area contributed by atoms with E-state index in [-0.39, 0.29) is 28.3 Å². The van der Waals surface area contributed by atoms with E-state index < -0.39 is 53.1 Å². The SMILES string of the molecule is CC(C)(C)[Si](C)(C)OC1[C@@H](CNC(=O)NC(=O)CCl)O[C@@H](n2cnc3c(N)ncnc32)[C@H]1O[Si](C)(C)C(C)(C)C. The van der Waals surface area contributed by atoms with Crippen LogP contribution in [0.15, 0.2) is 12.7 Å². The van der Waals surface area contributed by atoms with Crippen LogP contribution in [0.5, 0.6) is 0 Å². The molecule has 0 aliphatic carbocycles. The molecule has 1 fully saturated rings. The molecule has 4 atom stereocenters. The van der Waals surface area contributed by atoms with Crippen LogP contribution in [0.4, 0.5) is 10.6 Å². The third-order valence-electron chi connectivity index (χ3n) is 8.26. The molecule has 1 aliphatic heterocycles. The Morgan fingerprint density at radius 3 is 2.15 bits per heavy atom. The van der Waals surface area contributed by atoms with Crippen LogP contribution in [0.2, 0.25) is 36.3 Å². The van der Waals surface area contributed by atoms with Gasteiger partial charge >= 0.3 is 6.03 Å². The summed E-state index contributed by atoms with van der Waals surface area (Å²) in [5.41, 5.74) is 7.04. The molecule has 224 valence electrons. The molecule has 0 saturated carbocycles. The van der Waals surface area contributed by atoms with Crippen molar-refractivity contribution in [1.82, 2.24) is 30.2 Å².